The van der Waals surface area contributed by atoms with Crippen LogP contribution < -0.4 is 16.0 Å². The summed E-state index contributed by atoms with van der Waals surface area (Å²) in [6.07, 6.45) is 1.63. The molecule has 0 aliphatic heterocycles. The van der Waals surface area contributed by atoms with Gasteiger partial charge in [-0.1, -0.05) is 36.4 Å². The van der Waals surface area contributed by atoms with Crippen LogP contribution in [-0.4, -0.2) is 37.0 Å². The number of carbonyl (C=O) groups excluding carboxylic acids is 1. The van der Waals surface area contributed by atoms with Crippen molar-refractivity contribution < 1.29 is 9.21 Å². The lowest BCUT2D eigenvalue weighted by Gasteiger charge is -2.11. The summed E-state index contributed by atoms with van der Waals surface area (Å²) in [7, 11) is 1.69. The quantitative estimate of drug-likeness (QED) is 0.199. The van der Waals surface area contributed by atoms with Crippen LogP contribution in [0.3, 0.4) is 0 Å². The van der Waals surface area contributed by atoms with E-state index in [2.05, 4.69) is 25.9 Å². The molecule has 3 N–H and O–H groups in total. The largest absolute Gasteiger partial charge is 0.444 e. The number of nitrogens with one attached hydrogen (secondary N) is 3. The summed E-state index contributed by atoms with van der Waals surface area (Å²) in [5.41, 5.74) is 2.36. The van der Waals surface area contributed by atoms with Crippen LogP contribution in [0.2, 0.25) is 0 Å². The van der Waals surface area contributed by atoms with E-state index in [-0.39, 0.29) is 29.9 Å². The topological polar surface area (TPSA) is 91.5 Å². The number of halogens is 1. The molecular weight excluding hydrogens is 481 g/mol. The molecule has 0 radical (unpaired) electrons. The maximum Gasteiger partial charge on any atom is 0.251 e. The Hall–Kier alpha value is -2.88. The van der Waals surface area contributed by atoms with Crippen molar-refractivity contribution in [3.05, 3.63) is 78.2 Å². The number of aromatic nitrogens is 1. The minimum Gasteiger partial charge on any atom is -0.444 e. The zero-order valence-electron chi connectivity index (χ0n) is 16.1. The molecule has 0 unspecified atom stereocenters. The number of aliphatic imine (C=N–C) groups is 1. The van der Waals surface area contributed by atoms with E-state index in [0.717, 1.165) is 11.3 Å². The average molecular weight is 505 g/mol. The summed E-state index contributed by atoms with van der Waals surface area (Å²) in [5.74, 6) is 1.11. The summed E-state index contributed by atoms with van der Waals surface area (Å²) in [5, 5.41) is 9.19. The van der Waals surface area contributed by atoms with Crippen LogP contribution in [0.15, 0.2) is 76.3 Å². The van der Waals surface area contributed by atoms with Crippen molar-refractivity contribution in [2.24, 2.45) is 4.99 Å². The molecule has 152 valence electrons. The Labute approximate surface area is 187 Å². The number of oxazole rings is 1. The monoisotopic (exact) mass is 505 g/mol. The lowest BCUT2D eigenvalue weighted by Crippen LogP contribution is -2.41. The first kappa shape index (κ1) is 22.4. The van der Waals surface area contributed by atoms with Gasteiger partial charge >= 0.3 is 0 Å². The number of hydrogen-bond donors (Lipinski definition) is 3. The van der Waals surface area contributed by atoms with Crippen LogP contribution in [0.5, 0.6) is 0 Å². The Morgan fingerprint density at radius 3 is 2.31 bits per heavy atom. The second kappa shape index (κ2) is 11.8. The van der Waals surface area contributed by atoms with E-state index in [4.69, 9.17) is 4.42 Å². The first-order chi connectivity index (χ1) is 13.8. The fourth-order valence-corrected chi connectivity index (χ4v) is 2.54. The molecule has 0 aliphatic carbocycles. The SMILES string of the molecule is CN=C(NCCNC(=O)c1ccccc1)NCc1coc(-c2ccccc2)n1.I. The Morgan fingerprint density at radius 2 is 1.62 bits per heavy atom. The van der Waals surface area contributed by atoms with Crippen LogP contribution in [0.4, 0.5) is 0 Å². The molecule has 3 rings (SSSR count). The fraction of sp³-hybridized carbons (Fsp3) is 0.190. The summed E-state index contributed by atoms with van der Waals surface area (Å²) >= 11 is 0. The number of carbonyl (C=O) groups is 1. The number of guanidine groups is 1. The van der Waals surface area contributed by atoms with Gasteiger partial charge in [0, 0.05) is 31.3 Å². The van der Waals surface area contributed by atoms with Crippen molar-refractivity contribution in [2.45, 2.75) is 6.54 Å². The average Bonchev–Trinajstić information content (AvgIpc) is 3.23. The molecule has 1 heterocycles. The molecule has 0 atom stereocenters. The van der Waals surface area contributed by atoms with Gasteiger partial charge in [0.25, 0.3) is 5.91 Å². The third-order valence-corrected chi connectivity index (χ3v) is 3.97. The zero-order chi connectivity index (χ0) is 19.6. The Kier molecular flexibility index (Phi) is 9.16. The van der Waals surface area contributed by atoms with Crippen molar-refractivity contribution in [2.75, 3.05) is 20.1 Å². The standard InChI is InChI=1S/C21H23N5O2.HI/c1-22-21(24-13-12-23-19(27)16-8-4-2-5-9-16)25-14-18-15-28-20(26-18)17-10-6-3-7-11-17;/h2-11,15H,12-14H2,1H3,(H,23,27)(H2,22,24,25);1H. The molecule has 0 spiro atoms. The first-order valence-electron chi connectivity index (χ1n) is 9.04. The minimum absolute atomic E-state index is 0. The van der Waals surface area contributed by atoms with E-state index in [0.29, 0.717) is 37.0 Å². The number of amides is 1. The van der Waals surface area contributed by atoms with E-state index in [1.165, 1.54) is 0 Å². The van der Waals surface area contributed by atoms with Gasteiger partial charge < -0.3 is 20.4 Å². The third-order valence-electron chi connectivity index (χ3n) is 3.97. The van der Waals surface area contributed by atoms with Crippen LogP contribution in [0, 0.1) is 0 Å². The molecule has 0 saturated heterocycles. The smallest absolute Gasteiger partial charge is 0.251 e. The highest BCUT2D eigenvalue weighted by Gasteiger charge is 2.07. The van der Waals surface area contributed by atoms with Gasteiger partial charge in [0.05, 0.1) is 12.2 Å². The zero-order valence-corrected chi connectivity index (χ0v) is 18.4. The van der Waals surface area contributed by atoms with E-state index in [9.17, 15) is 4.79 Å². The molecule has 0 saturated carbocycles. The normalized spacial score (nSPS) is 10.7. The van der Waals surface area contributed by atoms with Gasteiger partial charge in [0.2, 0.25) is 5.89 Å². The maximum absolute atomic E-state index is 12.0. The molecule has 0 bridgehead atoms. The van der Waals surface area contributed by atoms with Gasteiger partial charge in [-0.2, -0.15) is 0 Å². The Bertz CT molecular complexity index is 913. The van der Waals surface area contributed by atoms with Crippen LogP contribution in [-0.2, 0) is 6.54 Å². The first-order valence-corrected chi connectivity index (χ1v) is 9.04. The number of benzene rings is 2. The summed E-state index contributed by atoms with van der Waals surface area (Å²) in [4.78, 5) is 20.6. The van der Waals surface area contributed by atoms with E-state index >= 15 is 0 Å². The van der Waals surface area contributed by atoms with Gasteiger partial charge in [-0.05, 0) is 24.3 Å². The molecule has 1 aromatic heterocycles. The Morgan fingerprint density at radius 1 is 0.966 bits per heavy atom. The highest BCUT2D eigenvalue weighted by molar-refractivity contribution is 14.0. The van der Waals surface area contributed by atoms with Gasteiger partial charge in [0.1, 0.15) is 6.26 Å². The van der Waals surface area contributed by atoms with Crippen molar-refractivity contribution in [3.8, 4) is 11.5 Å². The fourth-order valence-electron chi connectivity index (χ4n) is 2.54. The molecule has 0 aliphatic rings. The minimum atomic E-state index is -0.0959. The predicted octanol–water partition coefficient (Wildman–Crippen LogP) is 3.05. The number of rotatable bonds is 7. The maximum atomic E-state index is 12.0. The van der Waals surface area contributed by atoms with Crippen LogP contribution in [0.1, 0.15) is 16.1 Å². The highest BCUT2D eigenvalue weighted by Crippen LogP contribution is 2.17. The second-order valence-corrected chi connectivity index (χ2v) is 5.98. The van der Waals surface area contributed by atoms with Crippen molar-refractivity contribution in [1.82, 2.24) is 20.9 Å². The molecule has 1 amide bonds. The lowest BCUT2D eigenvalue weighted by molar-refractivity contribution is 0.0954. The molecule has 29 heavy (non-hydrogen) atoms. The molecular formula is C21H24IN5O2. The third kappa shape index (κ3) is 6.90. The second-order valence-electron chi connectivity index (χ2n) is 5.98. The van der Waals surface area contributed by atoms with E-state index in [1.807, 2.05) is 48.5 Å². The molecule has 8 heteroatoms. The van der Waals surface area contributed by atoms with Gasteiger partial charge in [-0.3, -0.25) is 9.79 Å². The van der Waals surface area contributed by atoms with Crippen molar-refractivity contribution in [3.63, 3.8) is 0 Å². The van der Waals surface area contributed by atoms with Crippen LogP contribution in [0.25, 0.3) is 11.5 Å². The summed E-state index contributed by atoms with van der Waals surface area (Å²) in [6.45, 7) is 1.51. The van der Waals surface area contributed by atoms with Gasteiger partial charge in [-0.25, -0.2) is 4.98 Å². The van der Waals surface area contributed by atoms with E-state index < -0.39 is 0 Å². The highest BCUT2D eigenvalue weighted by atomic mass is 127. The summed E-state index contributed by atoms with van der Waals surface area (Å²) < 4.78 is 5.52. The number of hydrogen-bond acceptors (Lipinski definition) is 4. The van der Waals surface area contributed by atoms with Crippen molar-refractivity contribution >= 4 is 35.8 Å². The number of nitrogens with zero attached hydrogens (tertiary/aromatic N) is 2. The Balaban J connectivity index is 0.00000300. The van der Waals surface area contributed by atoms with Gasteiger partial charge in [0.15, 0.2) is 5.96 Å². The van der Waals surface area contributed by atoms with Gasteiger partial charge in [-0.15, -0.1) is 24.0 Å². The summed E-state index contributed by atoms with van der Waals surface area (Å²) in [6, 6.07) is 18.9. The molecule has 7 nitrogen and oxygen atoms in total. The van der Waals surface area contributed by atoms with Crippen LogP contribution >= 0.6 is 24.0 Å². The molecule has 0 fully saturated rings. The van der Waals surface area contributed by atoms with Crippen molar-refractivity contribution in [1.29, 1.82) is 0 Å². The molecule has 2 aromatic carbocycles. The predicted molar refractivity (Wildman–Crippen MR) is 124 cm³/mol. The lowest BCUT2D eigenvalue weighted by atomic mass is 10.2. The molecule has 3 aromatic rings. The van der Waals surface area contributed by atoms with E-state index in [1.54, 1.807) is 25.4 Å².